The quantitative estimate of drug-likeness (QED) is 0.106. The van der Waals surface area contributed by atoms with Crippen molar-refractivity contribution in [2.24, 2.45) is 62.6 Å². The van der Waals surface area contributed by atoms with E-state index >= 15 is 0 Å². The minimum Gasteiger partial charge on any atom is -0.432 e. The first-order valence-electron chi connectivity index (χ1n) is 24.3. The Balaban J connectivity index is 0.961. The molecule has 7 fully saturated rings. The van der Waals surface area contributed by atoms with Crippen LogP contribution in [0.2, 0.25) is 0 Å². The van der Waals surface area contributed by atoms with E-state index < -0.39 is 128 Å². The van der Waals surface area contributed by atoms with Crippen LogP contribution in [0.4, 0.5) is 0 Å². The number of esters is 1. The SMILES string of the molecule is C[C@@H]1CC[C@]2(C(=O)O[C@@H]3OC[C@](O)(CO[C@@H]4OC[C@H](CO)[C@@H](O[C@@H]5O[C@@H](C)[C@H](O)[C@@H](O)[C@H]5O)[C@H]4O)[C@H](O)[C@H]3O)CC[C@]3(C)C(=CCC4[C@@]5(C)C[C@@H](O)[C@H](O)[C@@](C)(CO)C5CC[C@]43C)C2[C@H]1C. The number of hydrogen-bond acceptors (Lipinski definition) is 18. The van der Waals surface area contributed by atoms with Gasteiger partial charge in [0.05, 0.1) is 62.9 Å². The summed E-state index contributed by atoms with van der Waals surface area (Å²) in [6, 6.07) is 0. The number of aliphatic hydroxyl groups is 11. The Morgan fingerprint density at radius 3 is 2.18 bits per heavy atom. The van der Waals surface area contributed by atoms with Crippen LogP contribution in [0.5, 0.6) is 0 Å². The second-order valence-electron chi connectivity index (χ2n) is 23.0. The van der Waals surface area contributed by atoms with Gasteiger partial charge in [0, 0.05) is 11.3 Å². The second kappa shape index (κ2) is 18.0. The Hall–Kier alpha value is -1.43. The summed E-state index contributed by atoms with van der Waals surface area (Å²) >= 11 is 0. The fourth-order valence-corrected chi connectivity index (χ4v) is 15.2. The summed E-state index contributed by atoms with van der Waals surface area (Å²) in [5, 5.41) is 120. The van der Waals surface area contributed by atoms with Gasteiger partial charge in [-0.1, -0.05) is 53.2 Å². The first kappa shape index (κ1) is 50.9. The molecular formula is C48H78O18. The highest BCUT2D eigenvalue weighted by Crippen LogP contribution is 2.76. The molecule has 0 bridgehead atoms. The van der Waals surface area contributed by atoms with Gasteiger partial charge in [0.2, 0.25) is 6.29 Å². The molecule has 378 valence electrons. The van der Waals surface area contributed by atoms with E-state index in [-0.39, 0.29) is 53.1 Å². The molecule has 25 atom stereocenters. The van der Waals surface area contributed by atoms with E-state index in [2.05, 4.69) is 40.7 Å². The minimum absolute atomic E-state index is 0.00633. The van der Waals surface area contributed by atoms with E-state index in [4.69, 9.17) is 28.4 Å². The van der Waals surface area contributed by atoms with Crippen LogP contribution in [0.1, 0.15) is 99.8 Å². The zero-order valence-electron chi connectivity index (χ0n) is 39.5. The van der Waals surface area contributed by atoms with Gasteiger partial charge in [-0.15, -0.1) is 0 Å². The number of allylic oxidation sites excluding steroid dienone is 2. The number of hydrogen-bond donors (Lipinski definition) is 11. The Morgan fingerprint density at radius 2 is 1.50 bits per heavy atom. The summed E-state index contributed by atoms with van der Waals surface area (Å²) < 4.78 is 34.7. The molecule has 3 unspecified atom stereocenters. The molecule has 3 saturated heterocycles. The number of carbonyl (C=O) groups is 1. The van der Waals surface area contributed by atoms with E-state index in [1.807, 2.05) is 6.92 Å². The number of fused-ring (bicyclic) bond motifs is 7. The molecule has 11 N–H and O–H groups in total. The molecular weight excluding hydrogens is 865 g/mol. The Bertz CT molecular complexity index is 1800. The minimum atomic E-state index is -2.27. The van der Waals surface area contributed by atoms with Crippen LogP contribution in [0.3, 0.4) is 0 Å². The van der Waals surface area contributed by atoms with Crippen molar-refractivity contribution < 1.29 is 89.4 Å². The molecule has 3 aliphatic heterocycles. The van der Waals surface area contributed by atoms with Crippen LogP contribution in [0.15, 0.2) is 11.6 Å². The number of ether oxygens (including phenoxy) is 6. The maximum absolute atomic E-state index is 14.9. The third-order valence-electron chi connectivity index (χ3n) is 19.7. The molecule has 18 heteroatoms. The predicted octanol–water partition coefficient (Wildman–Crippen LogP) is -0.144. The number of carbonyl (C=O) groups excluding carboxylic acids is 1. The van der Waals surface area contributed by atoms with Crippen molar-refractivity contribution in [2.75, 3.05) is 33.0 Å². The highest BCUT2D eigenvalue weighted by atomic mass is 16.7. The Kier molecular flexibility index (Phi) is 13.9. The average molecular weight is 943 g/mol. The fourth-order valence-electron chi connectivity index (χ4n) is 15.2. The fraction of sp³-hybridized carbons (Fsp3) is 0.938. The van der Waals surface area contributed by atoms with Gasteiger partial charge in [0.1, 0.15) is 42.2 Å². The van der Waals surface area contributed by atoms with Crippen LogP contribution < -0.4 is 0 Å². The number of rotatable bonds is 9. The normalized spacial score (nSPS) is 56.2. The predicted molar refractivity (Wildman–Crippen MR) is 230 cm³/mol. The monoisotopic (exact) mass is 943 g/mol. The van der Waals surface area contributed by atoms with Gasteiger partial charge < -0.3 is 84.6 Å². The Morgan fingerprint density at radius 1 is 0.788 bits per heavy atom. The van der Waals surface area contributed by atoms with E-state index in [0.29, 0.717) is 31.6 Å². The van der Waals surface area contributed by atoms with E-state index in [9.17, 15) is 61.0 Å². The molecule has 4 saturated carbocycles. The first-order chi connectivity index (χ1) is 30.9. The lowest BCUT2D eigenvalue weighted by Crippen LogP contribution is -2.68. The summed E-state index contributed by atoms with van der Waals surface area (Å²) in [7, 11) is 0. The largest absolute Gasteiger partial charge is 0.432 e. The molecule has 8 aliphatic rings. The van der Waals surface area contributed by atoms with Crippen molar-refractivity contribution in [3.63, 3.8) is 0 Å². The highest BCUT2D eigenvalue weighted by molar-refractivity contribution is 5.79. The molecule has 0 amide bonds. The summed E-state index contributed by atoms with van der Waals surface area (Å²) in [5.74, 6) is -1.02. The molecule has 3 heterocycles. The lowest BCUT2D eigenvalue weighted by atomic mass is 9.33. The van der Waals surface area contributed by atoms with Gasteiger partial charge in [-0.25, -0.2) is 0 Å². The Labute approximate surface area is 387 Å². The molecule has 0 aromatic rings. The van der Waals surface area contributed by atoms with Crippen LogP contribution in [-0.2, 0) is 33.2 Å². The van der Waals surface area contributed by atoms with E-state index in [1.54, 1.807) is 0 Å². The van der Waals surface area contributed by atoms with Crippen LogP contribution >= 0.6 is 0 Å². The lowest BCUT2D eigenvalue weighted by Gasteiger charge is -2.71. The van der Waals surface area contributed by atoms with Crippen molar-refractivity contribution in [1.82, 2.24) is 0 Å². The van der Waals surface area contributed by atoms with Crippen LogP contribution in [0.25, 0.3) is 0 Å². The first-order valence-corrected chi connectivity index (χ1v) is 24.3. The van der Waals surface area contributed by atoms with Gasteiger partial charge in [0.15, 0.2) is 12.6 Å². The third kappa shape index (κ3) is 7.61. The summed E-state index contributed by atoms with van der Waals surface area (Å²) in [4.78, 5) is 14.9. The van der Waals surface area contributed by atoms with Crippen molar-refractivity contribution in [3.8, 4) is 0 Å². The molecule has 0 aromatic carbocycles. The molecule has 0 aromatic heterocycles. The molecule has 18 nitrogen and oxygen atoms in total. The zero-order chi connectivity index (χ0) is 48.3. The molecule has 0 spiro atoms. The van der Waals surface area contributed by atoms with E-state index in [0.717, 1.165) is 25.7 Å². The number of aliphatic hydroxyl groups excluding tert-OH is 10. The molecule has 0 radical (unpaired) electrons. The maximum Gasteiger partial charge on any atom is 0.315 e. The molecule has 5 aliphatic carbocycles. The highest BCUT2D eigenvalue weighted by Gasteiger charge is 2.71. The van der Waals surface area contributed by atoms with Gasteiger partial charge in [-0.05, 0) is 104 Å². The maximum atomic E-state index is 14.9. The average Bonchev–Trinajstić information content (AvgIpc) is 3.28. The summed E-state index contributed by atoms with van der Waals surface area (Å²) in [5.41, 5.74) is -3.73. The molecule has 8 rings (SSSR count). The lowest BCUT2D eigenvalue weighted by molar-refractivity contribution is -0.349. The summed E-state index contributed by atoms with van der Waals surface area (Å²) in [6.07, 6.45) is -11.3. The van der Waals surface area contributed by atoms with Crippen LogP contribution in [-0.4, -0.2) is 181 Å². The topological polar surface area (TPSA) is 295 Å². The molecule has 66 heavy (non-hydrogen) atoms. The van der Waals surface area contributed by atoms with Crippen LogP contribution in [0, 0.1) is 62.6 Å². The van der Waals surface area contributed by atoms with E-state index in [1.165, 1.54) is 12.5 Å². The van der Waals surface area contributed by atoms with Crippen molar-refractivity contribution >= 4 is 5.97 Å². The third-order valence-corrected chi connectivity index (χ3v) is 19.7. The van der Waals surface area contributed by atoms with Gasteiger partial charge in [-0.3, -0.25) is 4.79 Å². The van der Waals surface area contributed by atoms with Crippen molar-refractivity contribution in [1.29, 1.82) is 0 Å². The second-order valence-corrected chi connectivity index (χ2v) is 23.0. The van der Waals surface area contributed by atoms with Gasteiger partial charge in [-0.2, -0.15) is 0 Å². The van der Waals surface area contributed by atoms with Crippen molar-refractivity contribution in [2.45, 2.75) is 185 Å². The standard InChI is InChI=1S/C48H78O18/c1-22-10-13-47(15-14-45(6)26(30(47)23(22)2)8-9-29-43(4)16-27(51)37(57)44(5,19-50)28(43)11-12-46(29,45)7)42(59)66-40-35(56)38(58)48(60,21-63-40)20-62-39-34(55)36(25(17-49)18-61-39)65-41-33(54)32(53)31(52)24(3)64-41/h8,22-25,27-41,49-58,60H,9-21H2,1-7H3/t22-,23+,24+,25+,27-,28?,29?,30?,31+,32-,33-,34-,35-,36-,37+,38-,39+,40+,41+,43+,44+,45-,46-,47+,48-/m1/s1. The van der Waals surface area contributed by atoms with Gasteiger partial charge >= 0.3 is 5.97 Å². The van der Waals surface area contributed by atoms with Crippen molar-refractivity contribution in [3.05, 3.63) is 11.6 Å². The zero-order valence-corrected chi connectivity index (χ0v) is 39.5. The summed E-state index contributed by atoms with van der Waals surface area (Å²) in [6.45, 7) is 12.4. The van der Waals surface area contributed by atoms with Gasteiger partial charge in [0.25, 0.3) is 0 Å². The smallest absolute Gasteiger partial charge is 0.315 e.